The SMILES string of the molecule is C[C@@H]1CN(C(=O)OC(C)(C)C)CCC1N=[N+]=[N-]. The number of likely N-dealkylation sites (tertiary alicyclic amines) is 1. The van der Waals surface area contributed by atoms with Crippen LogP contribution in [-0.4, -0.2) is 35.7 Å². The molecule has 0 N–H and O–H groups in total. The second-order valence-electron chi connectivity index (χ2n) is 5.46. The molecule has 1 heterocycles. The van der Waals surface area contributed by atoms with Gasteiger partial charge in [-0.1, -0.05) is 12.0 Å². The van der Waals surface area contributed by atoms with Crippen LogP contribution in [0.2, 0.25) is 0 Å². The highest BCUT2D eigenvalue weighted by Gasteiger charge is 2.30. The molecule has 1 saturated heterocycles. The number of piperidine rings is 1. The molecule has 0 saturated carbocycles. The van der Waals surface area contributed by atoms with Crippen LogP contribution < -0.4 is 0 Å². The van der Waals surface area contributed by atoms with Gasteiger partial charge in [0.2, 0.25) is 0 Å². The highest BCUT2D eigenvalue weighted by molar-refractivity contribution is 5.68. The van der Waals surface area contributed by atoms with Crippen molar-refractivity contribution in [1.29, 1.82) is 0 Å². The molecule has 1 aliphatic heterocycles. The predicted octanol–water partition coefficient (Wildman–Crippen LogP) is 2.94. The van der Waals surface area contributed by atoms with E-state index in [0.29, 0.717) is 19.5 Å². The smallest absolute Gasteiger partial charge is 0.410 e. The number of azide groups is 1. The maximum atomic E-state index is 11.8. The fourth-order valence-electron chi connectivity index (χ4n) is 1.86. The highest BCUT2D eigenvalue weighted by Crippen LogP contribution is 2.21. The first-order valence-corrected chi connectivity index (χ1v) is 5.85. The number of ether oxygens (including phenoxy) is 1. The van der Waals surface area contributed by atoms with E-state index in [0.717, 1.165) is 0 Å². The van der Waals surface area contributed by atoms with Crippen molar-refractivity contribution in [2.24, 2.45) is 11.0 Å². The average Bonchev–Trinajstić information content (AvgIpc) is 2.18. The number of nitrogens with zero attached hydrogens (tertiary/aromatic N) is 4. The number of rotatable bonds is 1. The molecule has 6 nitrogen and oxygen atoms in total. The Bertz CT molecular complexity index is 331. The topological polar surface area (TPSA) is 78.3 Å². The first-order chi connectivity index (χ1) is 7.83. The Morgan fingerprint density at radius 2 is 2.18 bits per heavy atom. The first-order valence-electron chi connectivity index (χ1n) is 5.85. The zero-order chi connectivity index (χ0) is 13.1. The third-order valence-electron chi connectivity index (χ3n) is 2.71. The Hall–Kier alpha value is -1.42. The van der Waals surface area contributed by atoms with E-state index in [2.05, 4.69) is 10.0 Å². The number of hydrogen-bond acceptors (Lipinski definition) is 3. The second-order valence-corrected chi connectivity index (χ2v) is 5.46. The zero-order valence-electron chi connectivity index (χ0n) is 10.9. The van der Waals surface area contributed by atoms with Crippen molar-refractivity contribution in [3.05, 3.63) is 10.4 Å². The summed E-state index contributed by atoms with van der Waals surface area (Å²) < 4.78 is 5.30. The minimum absolute atomic E-state index is 0.0151. The predicted molar refractivity (Wildman–Crippen MR) is 64.5 cm³/mol. The van der Waals surface area contributed by atoms with Gasteiger partial charge < -0.3 is 9.64 Å². The largest absolute Gasteiger partial charge is 0.444 e. The van der Waals surface area contributed by atoms with Crippen LogP contribution >= 0.6 is 0 Å². The molecular weight excluding hydrogens is 220 g/mol. The van der Waals surface area contributed by atoms with Crippen molar-refractivity contribution in [3.8, 4) is 0 Å². The Morgan fingerprint density at radius 1 is 1.53 bits per heavy atom. The quantitative estimate of drug-likeness (QED) is 0.401. The van der Waals surface area contributed by atoms with Gasteiger partial charge in [-0.15, -0.1) is 0 Å². The first kappa shape index (κ1) is 13.6. The number of carbonyl (C=O) groups excluding carboxylic acids is 1. The van der Waals surface area contributed by atoms with E-state index in [4.69, 9.17) is 10.3 Å². The number of carbonyl (C=O) groups is 1. The van der Waals surface area contributed by atoms with E-state index in [1.807, 2.05) is 27.7 Å². The van der Waals surface area contributed by atoms with Crippen LogP contribution in [0.15, 0.2) is 5.11 Å². The van der Waals surface area contributed by atoms with Gasteiger partial charge >= 0.3 is 6.09 Å². The molecule has 1 aliphatic rings. The fourth-order valence-corrected chi connectivity index (χ4v) is 1.86. The molecule has 1 unspecified atom stereocenters. The Balaban J connectivity index is 2.55. The summed E-state index contributed by atoms with van der Waals surface area (Å²) in [4.78, 5) is 16.3. The summed E-state index contributed by atoms with van der Waals surface area (Å²) in [7, 11) is 0. The number of hydrogen-bond donors (Lipinski definition) is 0. The average molecular weight is 240 g/mol. The van der Waals surface area contributed by atoms with Gasteiger partial charge in [-0.25, -0.2) is 4.79 Å². The lowest BCUT2D eigenvalue weighted by atomic mass is 9.95. The van der Waals surface area contributed by atoms with Crippen LogP contribution in [0, 0.1) is 5.92 Å². The lowest BCUT2D eigenvalue weighted by molar-refractivity contribution is 0.0158. The summed E-state index contributed by atoms with van der Waals surface area (Å²) >= 11 is 0. The van der Waals surface area contributed by atoms with Crippen molar-refractivity contribution in [3.63, 3.8) is 0 Å². The molecular formula is C11H20N4O2. The van der Waals surface area contributed by atoms with Gasteiger partial charge in [0.05, 0.1) is 0 Å². The molecule has 1 amide bonds. The van der Waals surface area contributed by atoms with Crippen LogP contribution in [0.4, 0.5) is 4.79 Å². The van der Waals surface area contributed by atoms with Crippen molar-refractivity contribution in [2.75, 3.05) is 13.1 Å². The monoisotopic (exact) mass is 240 g/mol. The maximum absolute atomic E-state index is 11.8. The van der Waals surface area contributed by atoms with E-state index >= 15 is 0 Å². The summed E-state index contributed by atoms with van der Waals surface area (Å²) in [6.45, 7) is 8.70. The van der Waals surface area contributed by atoms with Gasteiger partial charge in [0.15, 0.2) is 0 Å². The van der Waals surface area contributed by atoms with E-state index in [9.17, 15) is 4.79 Å². The maximum Gasteiger partial charge on any atom is 0.410 e. The fraction of sp³-hybridized carbons (Fsp3) is 0.909. The standard InChI is InChI=1S/C11H20N4O2/c1-8-7-15(6-5-9(8)13-14-12)10(16)17-11(2,3)4/h8-9H,5-7H2,1-4H3/t8-,9?/m1/s1. The molecule has 0 aliphatic carbocycles. The third kappa shape index (κ3) is 4.15. The molecule has 0 aromatic rings. The second kappa shape index (κ2) is 5.27. The highest BCUT2D eigenvalue weighted by atomic mass is 16.6. The van der Waals surface area contributed by atoms with Crippen molar-refractivity contribution in [2.45, 2.75) is 45.8 Å². The lowest BCUT2D eigenvalue weighted by Crippen LogP contribution is -2.46. The zero-order valence-corrected chi connectivity index (χ0v) is 10.9. The Morgan fingerprint density at radius 3 is 2.65 bits per heavy atom. The van der Waals surface area contributed by atoms with Crippen LogP contribution in [0.5, 0.6) is 0 Å². The summed E-state index contributed by atoms with van der Waals surface area (Å²) in [6.07, 6.45) is 0.411. The molecule has 96 valence electrons. The van der Waals surface area contributed by atoms with Crippen LogP contribution in [0.3, 0.4) is 0 Å². The van der Waals surface area contributed by atoms with Crippen molar-refractivity contribution < 1.29 is 9.53 Å². The molecule has 1 fully saturated rings. The molecule has 6 heteroatoms. The normalized spacial score (nSPS) is 25.1. The molecule has 0 aromatic heterocycles. The van der Waals surface area contributed by atoms with Crippen LogP contribution in [-0.2, 0) is 4.74 Å². The number of amides is 1. The van der Waals surface area contributed by atoms with Crippen molar-refractivity contribution >= 4 is 6.09 Å². The minimum Gasteiger partial charge on any atom is -0.444 e. The summed E-state index contributed by atoms with van der Waals surface area (Å²) in [6, 6.07) is -0.0151. The minimum atomic E-state index is -0.470. The Kier molecular flexibility index (Phi) is 4.23. The van der Waals surface area contributed by atoms with Gasteiger partial charge in [0, 0.05) is 24.0 Å². The summed E-state index contributed by atoms with van der Waals surface area (Å²) in [5, 5.41) is 3.73. The van der Waals surface area contributed by atoms with E-state index < -0.39 is 5.60 Å². The van der Waals surface area contributed by atoms with Crippen LogP contribution in [0.1, 0.15) is 34.1 Å². The molecule has 1 rings (SSSR count). The third-order valence-corrected chi connectivity index (χ3v) is 2.71. The Labute approximate surface area is 102 Å². The summed E-state index contributed by atoms with van der Waals surface area (Å²) in [5.74, 6) is 0.173. The van der Waals surface area contributed by atoms with E-state index in [-0.39, 0.29) is 18.1 Å². The van der Waals surface area contributed by atoms with E-state index in [1.54, 1.807) is 4.90 Å². The van der Waals surface area contributed by atoms with Gasteiger partial charge in [-0.3, -0.25) is 0 Å². The summed E-state index contributed by atoms with van der Waals surface area (Å²) in [5.41, 5.74) is 7.95. The van der Waals surface area contributed by atoms with Gasteiger partial charge in [-0.2, -0.15) is 0 Å². The molecule has 17 heavy (non-hydrogen) atoms. The van der Waals surface area contributed by atoms with Crippen molar-refractivity contribution in [1.82, 2.24) is 4.90 Å². The van der Waals surface area contributed by atoms with Crippen LogP contribution in [0.25, 0.3) is 10.4 Å². The molecule has 2 atom stereocenters. The molecule has 0 radical (unpaired) electrons. The van der Waals surface area contributed by atoms with Gasteiger partial charge in [0.1, 0.15) is 5.60 Å². The van der Waals surface area contributed by atoms with Gasteiger partial charge in [0.25, 0.3) is 0 Å². The molecule has 0 aromatic carbocycles. The molecule has 0 spiro atoms. The van der Waals surface area contributed by atoms with Gasteiger partial charge in [-0.05, 0) is 38.6 Å². The molecule has 0 bridgehead atoms. The van der Waals surface area contributed by atoms with E-state index in [1.165, 1.54) is 0 Å². The lowest BCUT2D eigenvalue weighted by Gasteiger charge is -2.35.